The number of hydrogen-bond donors (Lipinski definition) is 3. The molecule has 1 aromatic carbocycles. The van der Waals surface area contributed by atoms with Crippen LogP contribution in [0.2, 0.25) is 0 Å². The van der Waals surface area contributed by atoms with Crippen molar-refractivity contribution in [2.45, 2.75) is 88.7 Å². The third-order valence-corrected chi connectivity index (χ3v) is 7.60. The molecule has 4 unspecified atom stereocenters. The monoisotopic (exact) mass is 539 g/mol. The Hall–Kier alpha value is -3.49. The number of benzene rings is 1. The van der Waals surface area contributed by atoms with Crippen molar-refractivity contribution >= 4 is 24.3 Å². The Bertz CT molecular complexity index is 1160. The second-order valence-corrected chi connectivity index (χ2v) is 11.6. The normalized spacial score (nSPS) is 25.5. The Balaban J connectivity index is 1.46. The predicted molar refractivity (Wildman–Crippen MR) is 141 cm³/mol. The molecule has 11 heteroatoms. The molecule has 0 radical (unpaired) electrons. The molecule has 5 atom stereocenters. The van der Waals surface area contributed by atoms with E-state index in [0.29, 0.717) is 32.4 Å². The van der Waals surface area contributed by atoms with Crippen molar-refractivity contribution in [3.8, 4) is 6.07 Å². The molecule has 39 heavy (non-hydrogen) atoms. The molecule has 0 bridgehead atoms. The summed E-state index contributed by atoms with van der Waals surface area (Å²) in [5, 5.41) is 25.1. The quantitative estimate of drug-likeness (QED) is 0.421. The summed E-state index contributed by atoms with van der Waals surface area (Å²) in [5.74, 6) is -1.31. The van der Waals surface area contributed by atoms with E-state index in [1.165, 1.54) is 4.90 Å². The van der Waals surface area contributed by atoms with E-state index in [0.717, 1.165) is 30.3 Å². The lowest BCUT2D eigenvalue weighted by molar-refractivity contribution is -0.134. The van der Waals surface area contributed by atoms with E-state index in [1.807, 2.05) is 11.0 Å². The van der Waals surface area contributed by atoms with Gasteiger partial charge in [-0.2, -0.15) is 5.26 Å². The maximum absolute atomic E-state index is 13.5. The first-order chi connectivity index (χ1) is 18.5. The maximum Gasteiger partial charge on any atom is 0.408 e. The van der Waals surface area contributed by atoms with Crippen LogP contribution in [0.15, 0.2) is 18.2 Å². The van der Waals surface area contributed by atoms with Crippen LogP contribution in [0.1, 0.15) is 74.0 Å². The van der Waals surface area contributed by atoms with Crippen molar-refractivity contribution in [3.05, 3.63) is 34.9 Å². The molecule has 3 aliphatic rings. The molecule has 4 rings (SSSR count). The van der Waals surface area contributed by atoms with E-state index in [1.54, 1.807) is 32.9 Å². The molecule has 11 nitrogen and oxygen atoms in total. The summed E-state index contributed by atoms with van der Waals surface area (Å²) in [7, 11) is 0. The minimum atomic E-state index is -0.975. The molecule has 2 aliphatic heterocycles. The number of fused-ring (bicyclic) bond motifs is 1. The molecule has 2 heterocycles. The van der Waals surface area contributed by atoms with Crippen LogP contribution in [-0.4, -0.2) is 88.6 Å². The van der Waals surface area contributed by atoms with E-state index in [4.69, 9.17) is 4.74 Å². The summed E-state index contributed by atoms with van der Waals surface area (Å²) in [6.45, 7) is 6.24. The third-order valence-electron chi connectivity index (χ3n) is 7.60. The van der Waals surface area contributed by atoms with Crippen molar-refractivity contribution in [3.63, 3.8) is 0 Å². The Morgan fingerprint density at radius 2 is 2.05 bits per heavy atom. The Labute approximate surface area is 228 Å². The van der Waals surface area contributed by atoms with Gasteiger partial charge >= 0.3 is 12.1 Å². The van der Waals surface area contributed by atoms with Gasteiger partial charge in [0, 0.05) is 31.7 Å². The van der Waals surface area contributed by atoms with Crippen molar-refractivity contribution in [2.75, 3.05) is 19.6 Å². The van der Waals surface area contributed by atoms with Gasteiger partial charge in [0.25, 0.3) is 0 Å². The molecule has 0 saturated carbocycles. The van der Waals surface area contributed by atoms with Gasteiger partial charge in [0.05, 0.1) is 17.7 Å². The number of alkyl carbamates (subject to hydrolysis) is 1. The number of carboxylic acid groups (broad SMARTS) is 1. The van der Waals surface area contributed by atoms with Crippen molar-refractivity contribution in [2.24, 2.45) is 0 Å². The van der Waals surface area contributed by atoms with Gasteiger partial charge in [-0.15, -0.1) is 0 Å². The van der Waals surface area contributed by atoms with Crippen LogP contribution in [-0.2, 0) is 20.7 Å². The standard InChI is InChI=1S/C28H37N5O6/c1-28(2,3)39-27(38)31-24(25(35)33-10-4-5-20(33)13-29)15-32-14-19(12-21(32)16-34)30-23-9-7-17-11-18(26(36)37)6-8-22(17)23/h6,8,11,16,19-21,23-24,30H,4-5,7,9-10,12,14-15H2,1-3H3,(H,31,38)(H,36,37)/t19-,20?,21?,23?,24?/m0/s1. The average molecular weight is 540 g/mol. The number of nitrogens with zero attached hydrogens (tertiary/aromatic N) is 3. The molecule has 1 aliphatic carbocycles. The number of aryl methyl sites for hydroxylation is 1. The molecular weight excluding hydrogens is 502 g/mol. The second kappa shape index (κ2) is 11.7. The van der Waals surface area contributed by atoms with Gasteiger partial charge in [0.2, 0.25) is 5.91 Å². The summed E-state index contributed by atoms with van der Waals surface area (Å²) in [6, 6.07) is 5.40. The molecule has 0 aromatic heterocycles. The zero-order chi connectivity index (χ0) is 28.3. The van der Waals surface area contributed by atoms with E-state index < -0.39 is 35.8 Å². The summed E-state index contributed by atoms with van der Waals surface area (Å²) in [6.07, 6.45) is 3.58. The molecule has 1 aromatic rings. The number of rotatable bonds is 8. The highest BCUT2D eigenvalue weighted by Crippen LogP contribution is 2.33. The number of nitriles is 1. The van der Waals surface area contributed by atoms with Crippen LogP contribution in [0, 0.1) is 11.3 Å². The molecule has 2 fully saturated rings. The highest BCUT2D eigenvalue weighted by atomic mass is 16.6. The number of aldehydes is 1. The number of likely N-dealkylation sites (tertiary alicyclic amines) is 2. The zero-order valence-corrected chi connectivity index (χ0v) is 22.7. The summed E-state index contributed by atoms with van der Waals surface area (Å²) >= 11 is 0. The molecule has 2 saturated heterocycles. The van der Waals surface area contributed by atoms with Crippen LogP contribution < -0.4 is 10.6 Å². The number of aromatic carboxylic acids is 1. The van der Waals surface area contributed by atoms with E-state index in [9.17, 15) is 29.5 Å². The Morgan fingerprint density at radius 1 is 1.28 bits per heavy atom. The van der Waals surface area contributed by atoms with E-state index in [-0.39, 0.29) is 30.1 Å². The topological polar surface area (TPSA) is 152 Å². The maximum atomic E-state index is 13.5. The van der Waals surface area contributed by atoms with Gasteiger partial charge in [-0.05, 0) is 76.1 Å². The number of ether oxygens (including phenoxy) is 1. The first kappa shape index (κ1) is 28.5. The largest absolute Gasteiger partial charge is 0.478 e. The number of carboxylic acids is 1. The van der Waals surface area contributed by atoms with Gasteiger partial charge in [0.15, 0.2) is 0 Å². The SMILES string of the molecule is CC(C)(C)OC(=O)NC(CN1C[C@@H](NC2CCc3cc(C(=O)O)ccc32)CC1C=O)C(=O)N1CCCC1C#N. The predicted octanol–water partition coefficient (Wildman–Crippen LogP) is 2.01. The first-order valence-electron chi connectivity index (χ1n) is 13.5. The number of carbonyl (C=O) groups is 4. The molecule has 3 N–H and O–H groups in total. The lowest BCUT2D eigenvalue weighted by Crippen LogP contribution is -2.56. The van der Waals surface area contributed by atoms with Crippen LogP contribution in [0.5, 0.6) is 0 Å². The highest BCUT2D eigenvalue weighted by Gasteiger charge is 2.40. The van der Waals surface area contributed by atoms with Gasteiger partial charge < -0.3 is 30.2 Å². The fraction of sp³-hybridized carbons (Fsp3) is 0.607. The van der Waals surface area contributed by atoms with Gasteiger partial charge in [0.1, 0.15) is 24.0 Å². The molecular formula is C28H37N5O6. The number of hydrogen-bond acceptors (Lipinski definition) is 8. The van der Waals surface area contributed by atoms with Crippen molar-refractivity contribution < 1.29 is 29.0 Å². The van der Waals surface area contributed by atoms with Crippen LogP contribution in [0.3, 0.4) is 0 Å². The third kappa shape index (κ3) is 6.75. The number of amides is 2. The Kier molecular flexibility index (Phi) is 8.57. The highest BCUT2D eigenvalue weighted by molar-refractivity contribution is 5.88. The number of carbonyl (C=O) groups excluding carboxylic acids is 3. The van der Waals surface area contributed by atoms with E-state index >= 15 is 0 Å². The summed E-state index contributed by atoms with van der Waals surface area (Å²) in [5.41, 5.74) is 1.60. The minimum Gasteiger partial charge on any atom is -0.478 e. The molecule has 0 spiro atoms. The van der Waals surface area contributed by atoms with Crippen molar-refractivity contribution in [1.29, 1.82) is 5.26 Å². The second-order valence-electron chi connectivity index (χ2n) is 11.6. The van der Waals surface area contributed by atoms with E-state index in [2.05, 4.69) is 16.7 Å². The average Bonchev–Trinajstić information content (AvgIpc) is 3.60. The molecule has 2 amide bonds. The number of nitrogens with one attached hydrogen (secondary N) is 2. The summed E-state index contributed by atoms with van der Waals surface area (Å²) in [4.78, 5) is 52.9. The summed E-state index contributed by atoms with van der Waals surface area (Å²) < 4.78 is 5.40. The fourth-order valence-electron chi connectivity index (χ4n) is 5.85. The van der Waals surface area contributed by atoms with Crippen LogP contribution >= 0.6 is 0 Å². The minimum absolute atomic E-state index is 0.0359. The van der Waals surface area contributed by atoms with Gasteiger partial charge in [-0.3, -0.25) is 9.69 Å². The first-order valence-corrected chi connectivity index (χ1v) is 13.5. The lowest BCUT2D eigenvalue weighted by atomic mass is 10.0. The van der Waals surface area contributed by atoms with Crippen molar-refractivity contribution in [1.82, 2.24) is 20.4 Å². The zero-order valence-electron chi connectivity index (χ0n) is 22.7. The smallest absolute Gasteiger partial charge is 0.408 e. The van der Waals surface area contributed by atoms with Crippen LogP contribution in [0.4, 0.5) is 4.79 Å². The fourth-order valence-corrected chi connectivity index (χ4v) is 5.85. The van der Waals surface area contributed by atoms with Gasteiger partial charge in [-0.1, -0.05) is 6.07 Å². The Morgan fingerprint density at radius 3 is 2.72 bits per heavy atom. The molecule has 210 valence electrons. The lowest BCUT2D eigenvalue weighted by Gasteiger charge is -2.31. The van der Waals surface area contributed by atoms with Gasteiger partial charge in [-0.25, -0.2) is 9.59 Å². The van der Waals surface area contributed by atoms with Crippen LogP contribution in [0.25, 0.3) is 0 Å².